The van der Waals surface area contributed by atoms with E-state index in [4.69, 9.17) is 0 Å². The lowest BCUT2D eigenvalue weighted by atomic mass is 9.98. The Kier molecular flexibility index (Phi) is 6.42. The van der Waals surface area contributed by atoms with E-state index in [1.54, 1.807) is 23.0 Å². The summed E-state index contributed by atoms with van der Waals surface area (Å²) in [6.45, 7) is 5.02. The number of hydrogen-bond acceptors (Lipinski definition) is 8. The number of benzene rings is 1. The monoisotopic (exact) mass is 593 g/mol. The summed E-state index contributed by atoms with van der Waals surface area (Å²) in [6.07, 6.45) is 0.611. The van der Waals surface area contributed by atoms with Crippen LogP contribution in [0.15, 0.2) is 35.6 Å². The van der Waals surface area contributed by atoms with Gasteiger partial charge in [-0.25, -0.2) is 4.98 Å². The number of pyridine rings is 1. The number of fused-ring (bicyclic) bond motifs is 1. The fraction of sp³-hybridized carbons (Fsp3) is 0.467. The van der Waals surface area contributed by atoms with Crippen LogP contribution in [0.1, 0.15) is 58.8 Å². The van der Waals surface area contributed by atoms with Gasteiger partial charge in [-0.2, -0.15) is 23.4 Å². The Morgan fingerprint density at radius 1 is 1.09 bits per heavy atom. The number of alkyl halides is 3. The summed E-state index contributed by atoms with van der Waals surface area (Å²) < 4.78 is 45.0. The minimum atomic E-state index is -4.59. The van der Waals surface area contributed by atoms with Gasteiger partial charge < -0.3 is 10.2 Å². The van der Waals surface area contributed by atoms with Crippen LogP contribution in [0.3, 0.4) is 0 Å². The summed E-state index contributed by atoms with van der Waals surface area (Å²) in [5.41, 5.74) is 5.43. The van der Waals surface area contributed by atoms with E-state index in [2.05, 4.69) is 30.8 Å². The molecule has 0 radical (unpaired) electrons. The van der Waals surface area contributed by atoms with Crippen LogP contribution in [0.4, 0.5) is 24.8 Å². The number of aromatic nitrogens is 3. The molecule has 3 aliphatic heterocycles. The van der Waals surface area contributed by atoms with Gasteiger partial charge >= 0.3 is 6.18 Å². The highest BCUT2D eigenvalue weighted by Crippen LogP contribution is 2.53. The Hall–Kier alpha value is -4.13. The molecule has 3 aromatic rings. The summed E-state index contributed by atoms with van der Waals surface area (Å²) in [7, 11) is 3.73. The number of amides is 1. The summed E-state index contributed by atoms with van der Waals surface area (Å²) in [4.78, 5) is 24.0. The smallest absolute Gasteiger partial charge is 0.370 e. The number of amidine groups is 1. The van der Waals surface area contributed by atoms with Crippen LogP contribution >= 0.6 is 0 Å². The molecule has 10 nitrogen and oxygen atoms in total. The fourth-order valence-corrected chi connectivity index (χ4v) is 6.65. The van der Waals surface area contributed by atoms with E-state index in [0.29, 0.717) is 48.0 Å². The van der Waals surface area contributed by atoms with Crippen molar-refractivity contribution in [3.63, 3.8) is 0 Å². The van der Waals surface area contributed by atoms with Crippen molar-refractivity contribution >= 4 is 23.4 Å². The Morgan fingerprint density at radius 3 is 2.58 bits per heavy atom. The zero-order chi connectivity index (χ0) is 30.1. The number of anilines is 2. The zero-order valence-electron chi connectivity index (χ0n) is 24.4. The van der Waals surface area contributed by atoms with Crippen molar-refractivity contribution in [3.8, 4) is 11.3 Å². The standard InChI is InChI=1S/C30H34F3N9O/c1-4-34-24-11-19(26-21(13-36-40(26)3)27-38-35-17-39(27)2)12-25(37-24)42-15-22-20(28(42)43)9-18(10-23(22)30(31,32)33)14-41-8-7-29(16-41)5-6-29/h9-13,35H,4-8,14-17H2,1-3H3,(H,34,37). The zero-order valence-corrected chi connectivity index (χ0v) is 24.4. The van der Waals surface area contributed by atoms with Gasteiger partial charge in [-0.15, -0.1) is 0 Å². The molecule has 1 saturated heterocycles. The molecule has 226 valence electrons. The van der Waals surface area contributed by atoms with Gasteiger partial charge in [0, 0.05) is 44.9 Å². The van der Waals surface area contributed by atoms with Crippen LogP contribution in [0.5, 0.6) is 0 Å². The van der Waals surface area contributed by atoms with Crippen LogP contribution in [0, 0.1) is 5.41 Å². The third-order valence-electron chi connectivity index (χ3n) is 9.04. The second-order valence-electron chi connectivity index (χ2n) is 12.1. The summed E-state index contributed by atoms with van der Waals surface area (Å²) in [5, 5.41) is 12.1. The maximum atomic E-state index is 14.4. The quantitative estimate of drug-likeness (QED) is 0.424. The molecule has 4 aliphatic rings. The number of nitrogens with zero attached hydrogens (tertiary/aromatic N) is 7. The third-order valence-corrected chi connectivity index (χ3v) is 9.04. The van der Waals surface area contributed by atoms with Crippen molar-refractivity contribution in [3.05, 3.63) is 58.3 Å². The maximum absolute atomic E-state index is 14.4. The highest BCUT2D eigenvalue weighted by atomic mass is 19.4. The van der Waals surface area contributed by atoms with Gasteiger partial charge in [-0.05, 0) is 73.5 Å². The topological polar surface area (TPSA) is 93.9 Å². The second kappa shape index (κ2) is 9.97. The number of nitrogens with one attached hydrogen (secondary N) is 2. The lowest BCUT2D eigenvalue weighted by molar-refractivity contribution is -0.138. The van der Waals surface area contributed by atoms with E-state index in [1.165, 1.54) is 23.8 Å². The molecule has 0 unspecified atom stereocenters. The Bertz CT molecular complexity index is 1640. The number of rotatable bonds is 7. The Balaban J connectivity index is 1.27. The highest BCUT2D eigenvalue weighted by Gasteiger charge is 2.48. The first-order valence-electron chi connectivity index (χ1n) is 14.6. The Labute approximate surface area is 247 Å². The first kappa shape index (κ1) is 27.7. The van der Waals surface area contributed by atoms with Crippen molar-refractivity contribution in [2.24, 2.45) is 17.6 Å². The lowest BCUT2D eigenvalue weighted by Crippen LogP contribution is -2.26. The van der Waals surface area contributed by atoms with Gasteiger partial charge in [0.1, 0.15) is 18.3 Å². The molecule has 0 atom stereocenters. The molecule has 5 heterocycles. The SMILES string of the molecule is CCNc1cc(-c2c(C3=NNCN3C)cnn2C)cc(N2Cc3c(cc(CN4CCC5(CC5)C4)cc3C(F)(F)F)C2=O)n1. The van der Waals surface area contributed by atoms with Gasteiger partial charge in [0.25, 0.3) is 5.91 Å². The summed E-state index contributed by atoms with van der Waals surface area (Å²) >= 11 is 0. The van der Waals surface area contributed by atoms with E-state index in [0.717, 1.165) is 30.8 Å². The van der Waals surface area contributed by atoms with E-state index in [9.17, 15) is 18.0 Å². The summed E-state index contributed by atoms with van der Waals surface area (Å²) in [5.74, 6) is 1.00. The molecule has 7 rings (SSSR count). The van der Waals surface area contributed by atoms with Crippen molar-refractivity contribution in [2.45, 2.75) is 45.5 Å². The number of carbonyl (C=O) groups excluding carboxylic acids is 1. The lowest BCUT2D eigenvalue weighted by Gasteiger charge is -2.19. The third kappa shape index (κ3) is 4.89. The molecule has 1 amide bonds. The number of likely N-dealkylation sites (tertiary alicyclic amines) is 1. The van der Waals surface area contributed by atoms with Crippen LogP contribution in [0.25, 0.3) is 11.3 Å². The molecule has 0 bridgehead atoms. The molecule has 2 aromatic heterocycles. The molecule has 13 heteroatoms. The average Bonchev–Trinajstić information content (AvgIpc) is 3.27. The molecule has 43 heavy (non-hydrogen) atoms. The van der Waals surface area contributed by atoms with Gasteiger partial charge in [0.2, 0.25) is 0 Å². The first-order valence-corrected chi connectivity index (χ1v) is 14.6. The molecule has 1 spiro atoms. The molecule has 2 N–H and O–H groups in total. The second-order valence-corrected chi connectivity index (χ2v) is 12.1. The van der Waals surface area contributed by atoms with Crippen LogP contribution < -0.4 is 15.6 Å². The van der Waals surface area contributed by atoms with E-state index >= 15 is 0 Å². The van der Waals surface area contributed by atoms with Gasteiger partial charge in [-0.1, -0.05) is 0 Å². The van der Waals surface area contributed by atoms with Gasteiger partial charge in [0.15, 0.2) is 5.84 Å². The molecule has 1 aliphatic carbocycles. The van der Waals surface area contributed by atoms with Crippen molar-refractivity contribution < 1.29 is 18.0 Å². The van der Waals surface area contributed by atoms with Gasteiger partial charge in [-0.3, -0.25) is 24.7 Å². The van der Waals surface area contributed by atoms with Crippen molar-refractivity contribution in [1.29, 1.82) is 0 Å². The van der Waals surface area contributed by atoms with Gasteiger partial charge in [0.05, 0.1) is 29.6 Å². The molecule has 2 fully saturated rings. The minimum absolute atomic E-state index is 0.00669. The fourth-order valence-electron chi connectivity index (χ4n) is 6.65. The predicted octanol–water partition coefficient (Wildman–Crippen LogP) is 4.23. The maximum Gasteiger partial charge on any atom is 0.416 e. The van der Waals surface area contributed by atoms with E-state index < -0.39 is 17.6 Å². The molecule has 1 saturated carbocycles. The van der Waals surface area contributed by atoms with Crippen LogP contribution in [0.2, 0.25) is 0 Å². The largest absolute Gasteiger partial charge is 0.416 e. The number of halogens is 3. The number of aryl methyl sites for hydroxylation is 1. The molecular formula is C30H34F3N9O. The Morgan fingerprint density at radius 2 is 1.91 bits per heavy atom. The molecular weight excluding hydrogens is 559 g/mol. The predicted molar refractivity (Wildman–Crippen MR) is 156 cm³/mol. The first-order chi connectivity index (χ1) is 20.5. The van der Waals surface area contributed by atoms with E-state index in [1.807, 2.05) is 32.0 Å². The van der Waals surface area contributed by atoms with Crippen molar-refractivity contribution in [1.82, 2.24) is 30.0 Å². The normalized spacial score (nSPS) is 19.3. The highest BCUT2D eigenvalue weighted by molar-refractivity contribution is 6.10. The number of hydrazone groups is 1. The van der Waals surface area contributed by atoms with Crippen LogP contribution in [-0.2, 0) is 26.3 Å². The summed E-state index contributed by atoms with van der Waals surface area (Å²) in [6, 6.07) is 6.48. The number of carbonyl (C=O) groups is 1. The van der Waals surface area contributed by atoms with E-state index in [-0.39, 0.29) is 23.5 Å². The average molecular weight is 594 g/mol. The number of hydrogen-bond donors (Lipinski definition) is 2. The minimum Gasteiger partial charge on any atom is -0.370 e. The van der Waals surface area contributed by atoms with Crippen LogP contribution in [-0.4, -0.2) is 69.7 Å². The molecule has 1 aromatic carbocycles. The van der Waals surface area contributed by atoms with Crippen molar-refractivity contribution in [2.75, 3.05) is 43.6 Å².